The van der Waals surface area contributed by atoms with Gasteiger partial charge in [0.2, 0.25) is 5.91 Å². The third kappa shape index (κ3) is 10.00. The fraction of sp³-hybridized carbons (Fsp3) is 0.517. The summed E-state index contributed by atoms with van der Waals surface area (Å²) in [4.78, 5) is 69.6. The molecule has 4 aromatic heterocycles. The summed E-state index contributed by atoms with van der Waals surface area (Å²) in [5, 5.41) is 17.2. The van der Waals surface area contributed by atoms with E-state index >= 15 is 0 Å². The van der Waals surface area contributed by atoms with Crippen LogP contribution in [0.4, 0.5) is 40.2 Å². The highest BCUT2D eigenvalue weighted by Crippen LogP contribution is 2.41. The summed E-state index contributed by atoms with van der Waals surface area (Å²) in [6, 6.07) is 16.0. The largest absolute Gasteiger partial charge is 0.392 e. The van der Waals surface area contributed by atoms with Crippen molar-refractivity contribution in [3.8, 4) is 11.3 Å². The monoisotopic (exact) mass is 1030 g/mol. The molecule has 9 heterocycles. The number of rotatable bonds is 12. The van der Waals surface area contributed by atoms with Gasteiger partial charge < -0.3 is 44.3 Å². The number of anilines is 7. The molecule has 76 heavy (non-hydrogen) atoms. The first kappa shape index (κ1) is 51.5. The molecule has 11 rings (SSSR count). The number of nitrogens with zero attached hydrogens (tertiary/aromatic N) is 11. The van der Waals surface area contributed by atoms with Gasteiger partial charge in [-0.3, -0.25) is 29.1 Å². The van der Waals surface area contributed by atoms with Gasteiger partial charge in [-0.05, 0) is 113 Å². The number of aliphatic hydroxyl groups excluding tert-OH is 1. The first-order chi connectivity index (χ1) is 36.7. The molecule has 18 heteroatoms. The third-order valence-electron chi connectivity index (χ3n) is 17.2. The lowest BCUT2D eigenvalue weighted by atomic mass is 9.90. The Kier molecular flexibility index (Phi) is 14.3. The van der Waals surface area contributed by atoms with Gasteiger partial charge in [0.25, 0.3) is 11.5 Å². The van der Waals surface area contributed by atoms with Gasteiger partial charge in [-0.15, -0.1) is 0 Å². The summed E-state index contributed by atoms with van der Waals surface area (Å²) in [5.74, 6) is 0.995. The highest BCUT2D eigenvalue weighted by molar-refractivity contribution is 6.06. The molecule has 2 amide bonds. The second-order valence-electron chi connectivity index (χ2n) is 22.9. The van der Waals surface area contributed by atoms with Crippen LogP contribution in [0.2, 0.25) is 0 Å². The van der Waals surface area contributed by atoms with Gasteiger partial charge in [0.1, 0.15) is 17.3 Å². The summed E-state index contributed by atoms with van der Waals surface area (Å²) in [6.07, 6.45) is 12.7. The van der Waals surface area contributed by atoms with E-state index in [4.69, 9.17) is 14.7 Å². The van der Waals surface area contributed by atoms with Crippen LogP contribution in [0.15, 0.2) is 78.5 Å². The van der Waals surface area contributed by atoms with Gasteiger partial charge in [-0.1, -0.05) is 20.4 Å². The van der Waals surface area contributed by atoms with Crippen molar-refractivity contribution in [2.24, 2.45) is 12.5 Å². The van der Waals surface area contributed by atoms with Gasteiger partial charge in [-0.2, -0.15) is 0 Å². The molecule has 0 spiro atoms. The van der Waals surface area contributed by atoms with E-state index in [1.54, 1.807) is 30.4 Å². The molecule has 4 saturated heterocycles. The van der Waals surface area contributed by atoms with E-state index in [2.05, 4.69) is 98.0 Å². The van der Waals surface area contributed by atoms with Crippen molar-refractivity contribution in [2.45, 2.75) is 117 Å². The third-order valence-corrected chi connectivity index (χ3v) is 17.2. The Morgan fingerprint density at radius 2 is 1.59 bits per heavy atom. The number of aliphatic hydroxyl groups is 1. The standard InChI is InChI=1S/C58H75N13O5/c1-8-53(73)62-47-29-41(61-54-57(75)64(7)35-48(63-54)45-12-17-60-55(46(45)36-72)71-24-23-70-50(56(71)74)28-40-31-58(5,6)32-51(40)70)9-10-49(47)68-21-19-66(33-38(68)3)43-13-18-67(37(2)27-43)44-11-16-59-52(30-44)69-22-20-65(34-39(69)4)42-14-25-76-26-15-42/h8-12,16-17,28-30,35,37-39,42-43,72H,1,13-15,18-27,31-34,36H2,2-7H3,(H,61,63)(H,62,73)/t37-,38-,39-,43?/m0/s1. The summed E-state index contributed by atoms with van der Waals surface area (Å²) in [7, 11) is 1.65. The second-order valence-corrected chi connectivity index (χ2v) is 22.9. The zero-order chi connectivity index (χ0) is 53.0. The minimum atomic E-state index is -0.400. The van der Waals surface area contributed by atoms with Crippen molar-refractivity contribution in [1.82, 2.24) is 33.9 Å². The Labute approximate surface area is 446 Å². The van der Waals surface area contributed by atoms with E-state index in [-0.39, 0.29) is 34.6 Å². The van der Waals surface area contributed by atoms with Crippen LogP contribution in [0, 0.1) is 5.41 Å². The lowest BCUT2D eigenvalue weighted by molar-refractivity contribution is -0.111. The number of amides is 2. The van der Waals surface area contributed by atoms with E-state index in [9.17, 15) is 19.5 Å². The van der Waals surface area contributed by atoms with E-state index in [1.807, 2.05) is 30.5 Å². The maximum atomic E-state index is 14.1. The number of pyridine rings is 2. The molecular formula is C58H75N13O5. The van der Waals surface area contributed by atoms with Crippen LogP contribution in [0.25, 0.3) is 11.3 Å². The number of aromatic nitrogens is 5. The van der Waals surface area contributed by atoms with Crippen molar-refractivity contribution in [1.29, 1.82) is 0 Å². The minimum absolute atomic E-state index is 0.0567. The maximum absolute atomic E-state index is 14.1. The average Bonchev–Trinajstić information content (AvgIpc) is 3.98. The average molecular weight is 1030 g/mol. The van der Waals surface area contributed by atoms with Crippen LogP contribution in [-0.2, 0) is 42.6 Å². The van der Waals surface area contributed by atoms with E-state index in [0.717, 1.165) is 109 Å². The number of benzene rings is 1. The number of fused-ring (bicyclic) bond motifs is 3. The number of hydrogen-bond donors (Lipinski definition) is 3. The number of piperazine rings is 2. The van der Waals surface area contributed by atoms with E-state index in [1.165, 1.54) is 27.6 Å². The fourth-order valence-electron chi connectivity index (χ4n) is 13.3. The summed E-state index contributed by atoms with van der Waals surface area (Å²) >= 11 is 0. The Hall–Kier alpha value is -6.60. The van der Waals surface area contributed by atoms with Crippen molar-refractivity contribution < 1.29 is 19.4 Å². The van der Waals surface area contributed by atoms with Gasteiger partial charge in [0, 0.05) is 162 Å². The van der Waals surface area contributed by atoms with Crippen molar-refractivity contribution in [2.75, 3.05) is 95.8 Å². The van der Waals surface area contributed by atoms with Crippen LogP contribution in [0.1, 0.15) is 87.6 Å². The normalized spacial score (nSPS) is 23.4. The number of nitrogens with one attached hydrogen (secondary N) is 2. The Morgan fingerprint density at radius 1 is 0.842 bits per heavy atom. The number of carbonyl (C=O) groups is 2. The van der Waals surface area contributed by atoms with E-state index < -0.39 is 6.61 Å². The number of carbonyl (C=O) groups excluding carboxylic acids is 2. The van der Waals surface area contributed by atoms with Crippen LogP contribution in [0.3, 0.4) is 0 Å². The van der Waals surface area contributed by atoms with Crippen molar-refractivity contribution in [3.63, 3.8) is 0 Å². The van der Waals surface area contributed by atoms with E-state index in [0.29, 0.717) is 77.0 Å². The minimum Gasteiger partial charge on any atom is -0.392 e. The summed E-state index contributed by atoms with van der Waals surface area (Å²) in [6.45, 7) is 24.2. The van der Waals surface area contributed by atoms with Crippen LogP contribution in [0.5, 0.6) is 0 Å². The molecule has 4 fully saturated rings. The molecule has 0 radical (unpaired) electrons. The topological polar surface area (TPSA) is 173 Å². The molecule has 5 aliphatic heterocycles. The molecule has 1 aromatic carbocycles. The Balaban J connectivity index is 0.759. The highest BCUT2D eigenvalue weighted by atomic mass is 16.5. The first-order valence-corrected chi connectivity index (χ1v) is 27.5. The molecule has 402 valence electrons. The van der Waals surface area contributed by atoms with Gasteiger partial charge in [0.05, 0.1) is 23.7 Å². The maximum Gasteiger partial charge on any atom is 0.293 e. The number of hydrogen-bond acceptors (Lipinski definition) is 14. The Bertz CT molecular complexity index is 3070. The van der Waals surface area contributed by atoms with Gasteiger partial charge in [0.15, 0.2) is 5.82 Å². The first-order valence-electron chi connectivity index (χ1n) is 27.5. The zero-order valence-electron chi connectivity index (χ0n) is 45.2. The lowest BCUT2D eigenvalue weighted by Gasteiger charge is -2.48. The predicted octanol–water partition coefficient (Wildman–Crippen LogP) is 6.44. The highest BCUT2D eigenvalue weighted by Gasteiger charge is 2.39. The summed E-state index contributed by atoms with van der Waals surface area (Å²) in [5.41, 5.74) is 7.57. The van der Waals surface area contributed by atoms with Crippen LogP contribution < -0.4 is 35.8 Å². The SMILES string of the molecule is C=CC(=O)Nc1cc(Nc2nc(-c3ccnc(N4CCn5c(cc6c5CC(C)(C)C6)C4=O)c3CO)cn(C)c2=O)ccc1N1CCN(C2CCN(c3ccnc(N4CCN(C5CCOCC5)C[C@@H]4C)c3)[C@@H](C)C2)C[C@@H]1C. The Morgan fingerprint density at radius 3 is 2.33 bits per heavy atom. The molecule has 3 N–H and O–H groups in total. The summed E-state index contributed by atoms with van der Waals surface area (Å²) < 4.78 is 9.24. The second kappa shape index (κ2) is 21.1. The molecule has 1 aliphatic carbocycles. The smallest absolute Gasteiger partial charge is 0.293 e. The molecule has 0 saturated carbocycles. The van der Waals surface area contributed by atoms with Crippen molar-refractivity contribution >= 4 is 52.0 Å². The molecular weight excluding hydrogens is 959 g/mol. The fourth-order valence-corrected chi connectivity index (χ4v) is 13.3. The van der Waals surface area contributed by atoms with Gasteiger partial charge >= 0.3 is 0 Å². The zero-order valence-corrected chi connectivity index (χ0v) is 45.2. The molecule has 4 atom stereocenters. The molecule has 6 aliphatic rings. The molecule has 0 bridgehead atoms. The number of piperidine rings is 1. The van der Waals surface area contributed by atoms with Crippen LogP contribution >= 0.6 is 0 Å². The van der Waals surface area contributed by atoms with Crippen LogP contribution in [-0.4, -0.2) is 147 Å². The lowest BCUT2D eigenvalue weighted by Crippen LogP contribution is -2.58. The molecule has 1 unspecified atom stereocenters. The quantitative estimate of drug-likeness (QED) is 0.117. The molecule has 18 nitrogen and oxygen atoms in total. The van der Waals surface area contributed by atoms with Crippen molar-refractivity contribution in [3.05, 3.63) is 107 Å². The molecule has 5 aromatic rings. The number of aryl methyl sites for hydroxylation is 1. The van der Waals surface area contributed by atoms with Gasteiger partial charge in [-0.25, -0.2) is 15.0 Å². The predicted molar refractivity (Wildman–Crippen MR) is 299 cm³/mol. The number of ether oxygens (including phenoxy) is 1.